The predicted molar refractivity (Wildman–Crippen MR) is 90.8 cm³/mol. The number of hydrogen-bond acceptors (Lipinski definition) is 1. The molecule has 0 aromatic heterocycles. The number of rotatable bonds is 2. The molecule has 21 heavy (non-hydrogen) atoms. The summed E-state index contributed by atoms with van der Waals surface area (Å²) in [6.45, 7) is 12.0. The van der Waals surface area contributed by atoms with Crippen molar-refractivity contribution in [3.05, 3.63) is 35.4 Å². The van der Waals surface area contributed by atoms with Crippen LogP contribution >= 0.6 is 0 Å². The first-order valence-corrected chi connectivity index (χ1v) is 8.61. The minimum atomic E-state index is 0.396. The Morgan fingerprint density at radius 1 is 1.10 bits per heavy atom. The van der Waals surface area contributed by atoms with Crippen molar-refractivity contribution < 1.29 is 0 Å². The lowest BCUT2D eigenvalue weighted by atomic mass is 9.56. The van der Waals surface area contributed by atoms with Crippen molar-refractivity contribution in [3.63, 3.8) is 0 Å². The quantitative estimate of drug-likeness (QED) is 0.736. The molecule has 2 bridgehead atoms. The zero-order chi connectivity index (χ0) is 15.4. The number of piperidine rings is 1. The second-order valence-corrected chi connectivity index (χ2v) is 8.64. The van der Waals surface area contributed by atoms with Gasteiger partial charge < -0.3 is 0 Å². The molecule has 4 unspecified atom stereocenters. The highest BCUT2D eigenvalue weighted by Gasteiger charge is 2.53. The van der Waals surface area contributed by atoms with E-state index in [0.29, 0.717) is 17.3 Å². The molecule has 3 fully saturated rings. The smallest absolute Gasteiger partial charge is 0.0182 e. The van der Waals surface area contributed by atoms with Gasteiger partial charge >= 0.3 is 0 Å². The van der Waals surface area contributed by atoms with E-state index in [2.05, 4.69) is 70.8 Å². The number of nitrogens with zero attached hydrogens (tertiary/aromatic N) is 1. The number of fused-ring (bicyclic) bond motifs is 2. The van der Waals surface area contributed by atoms with Crippen LogP contribution in [0.15, 0.2) is 24.3 Å². The Hall–Kier alpha value is -0.820. The summed E-state index contributed by atoms with van der Waals surface area (Å²) in [7, 11) is 2.34. The molecule has 2 aliphatic heterocycles. The normalized spacial score (nSPS) is 33.1. The van der Waals surface area contributed by atoms with E-state index in [1.807, 2.05) is 0 Å². The highest BCUT2D eigenvalue weighted by atomic mass is 15.2. The van der Waals surface area contributed by atoms with E-state index in [1.54, 1.807) is 11.1 Å². The van der Waals surface area contributed by atoms with Gasteiger partial charge in [-0.05, 0) is 48.3 Å². The SMILES string of the molecule is CC(C)c1ccccc1C1C2CC(CC1C(C)(C)C)N2C. The van der Waals surface area contributed by atoms with Gasteiger partial charge in [-0.15, -0.1) is 0 Å². The minimum Gasteiger partial charge on any atom is -0.300 e. The predicted octanol–water partition coefficient (Wildman–Crippen LogP) is 5.03. The first kappa shape index (κ1) is 15.1. The maximum Gasteiger partial charge on any atom is 0.0182 e. The molecule has 4 atom stereocenters. The molecule has 1 aromatic rings. The fraction of sp³-hybridized carbons (Fsp3) is 0.700. The zero-order valence-electron chi connectivity index (χ0n) is 14.6. The van der Waals surface area contributed by atoms with Crippen LogP contribution < -0.4 is 0 Å². The fourth-order valence-corrected chi connectivity index (χ4v) is 4.77. The van der Waals surface area contributed by atoms with Gasteiger partial charge in [0, 0.05) is 18.0 Å². The van der Waals surface area contributed by atoms with E-state index in [0.717, 1.165) is 18.0 Å². The molecular weight excluding hydrogens is 254 g/mol. The van der Waals surface area contributed by atoms with Crippen LogP contribution in [0.1, 0.15) is 70.4 Å². The van der Waals surface area contributed by atoms with Crippen molar-refractivity contribution in [2.75, 3.05) is 7.05 Å². The summed E-state index contributed by atoms with van der Waals surface area (Å²) in [6, 6.07) is 10.8. The van der Waals surface area contributed by atoms with Gasteiger partial charge in [0.2, 0.25) is 0 Å². The van der Waals surface area contributed by atoms with Gasteiger partial charge in [0.05, 0.1) is 0 Å². The first-order valence-electron chi connectivity index (χ1n) is 8.61. The number of hydrogen-bond donors (Lipinski definition) is 0. The van der Waals surface area contributed by atoms with Crippen LogP contribution in [0, 0.1) is 11.3 Å². The maximum atomic E-state index is 2.64. The Morgan fingerprint density at radius 3 is 2.33 bits per heavy atom. The highest BCUT2D eigenvalue weighted by Crippen LogP contribution is 2.55. The highest BCUT2D eigenvalue weighted by molar-refractivity contribution is 5.36. The second-order valence-electron chi connectivity index (χ2n) is 8.64. The summed E-state index contributed by atoms with van der Waals surface area (Å²) in [5, 5.41) is 0. The van der Waals surface area contributed by atoms with Crippen LogP contribution in [-0.2, 0) is 0 Å². The van der Waals surface area contributed by atoms with Gasteiger partial charge in [0.15, 0.2) is 0 Å². The molecule has 0 amide bonds. The van der Waals surface area contributed by atoms with Gasteiger partial charge in [0.1, 0.15) is 0 Å². The lowest BCUT2D eigenvalue weighted by Crippen LogP contribution is -2.63. The average Bonchev–Trinajstić information content (AvgIpc) is 2.44. The Kier molecular flexibility index (Phi) is 3.68. The van der Waals surface area contributed by atoms with Crippen molar-refractivity contribution in [3.8, 4) is 0 Å². The molecule has 1 aliphatic carbocycles. The summed E-state index contributed by atoms with van der Waals surface area (Å²) in [5.41, 5.74) is 3.59. The van der Waals surface area contributed by atoms with Crippen LogP contribution in [0.2, 0.25) is 0 Å². The number of likely N-dealkylation sites (N-methyl/N-ethyl adjacent to an activating group) is 1. The largest absolute Gasteiger partial charge is 0.300 e. The third kappa shape index (κ3) is 2.44. The van der Waals surface area contributed by atoms with E-state index in [1.165, 1.54) is 12.8 Å². The molecule has 3 aliphatic rings. The van der Waals surface area contributed by atoms with Gasteiger partial charge in [-0.2, -0.15) is 0 Å². The van der Waals surface area contributed by atoms with Gasteiger partial charge in [0.25, 0.3) is 0 Å². The van der Waals surface area contributed by atoms with E-state index >= 15 is 0 Å². The zero-order valence-corrected chi connectivity index (χ0v) is 14.6. The van der Waals surface area contributed by atoms with Crippen molar-refractivity contribution >= 4 is 0 Å². The molecule has 0 N–H and O–H groups in total. The van der Waals surface area contributed by atoms with Crippen LogP contribution in [0.3, 0.4) is 0 Å². The third-order valence-corrected chi connectivity index (χ3v) is 6.08. The molecule has 0 spiro atoms. The lowest BCUT2D eigenvalue weighted by molar-refractivity contribution is -0.0765. The minimum absolute atomic E-state index is 0.396. The third-order valence-electron chi connectivity index (χ3n) is 6.08. The van der Waals surface area contributed by atoms with Gasteiger partial charge in [-0.3, -0.25) is 4.90 Å². The van der Waals surface area contributed by atoms with E-state index in [9.17, 15) is 0 Å². The van der Waals surface area contributed by atoms with Crippen molar-refractivity contribution in [1.29, 1.82) is 0 Å². The van der Waals surface area contributed by atoms with Crippen LogP contribution in [0.5, 0.6) is 0 Å². The Bertz CT molecular complexity index is 511. The van der Waals surface area contributed by atoms with E-state index < -0.39 is 0 Å². The number of benzene rings is 1. The maximum absolute atomic E-state index is 2.64. The van der Waals surface area contributed by atoms with E-state index in [4.69, 9.17) is 0 Å². The molecular formula is C20H31N. The molecule has 1 saturated carbocycles. The fourth-order valence-electron chi connectivity index (χ4n) is 4.77. The lowest BCUT2D eigenvalue weighted by Gasteiger charge is -2.61. The van der Waals surface area contributed by atoms with Gasteiger partial charge in [-0.25, -0.2) is 0 Å². The topological polar surface area (TPSA) is 3.24 Å². The molecule has 116 valence electrons. The van der Waals surface area contributed by atoms with E-state index in [-0.39, 0.29) is 0 Å². The molecule has 1 aromatic carbocycles. The standard InChI is InChI=1S/C20H31N/c1-13(2)15-9-7-8-10-16(15)19-17(20(3,4)5)11-14-12-18(19)21(14)6/h7-10,13-14,17-19H,11-12H2,1-6H3. The van der Waals surface area contributed by atoms with Crippen molar-refractivity contribution in [2.45, 2.75) is 71.4 Å². The molecule has 0 radical (unpaired) electrons. The van der Waals surface area contributed by atoms with Crippen molar-refractivity contribution in [2.24, 2.45) is 11.3 Å². The van der Waals surface area contributed by atoms with Crippen LogP contribution in [0.4, 0.5) is 0 Å². The monoisotopic (exact) mass is 285 g/mol. The summed E-state index contributed by atoms with van der Waals surface area (Å²) < 4.78 is 0. The van der Waals surface area contributed by atoms with Crippen LogP contribution in [-0.4, -0.2) is 24.0 Å². The summed E-state index contributed by atoms with van der Waals surface area (Å²) >= 11 is 0. The Balaban J connectivity index is 2.04. The molecule has 2 heterocycles. The Morgan fingerprint density at radius 2 is 1.76 bits per heavy atom. The second kappa shape index (κ2) is 5.12. The van der Waals surface area contributed by atoms with Crippen LogP contribution in [0.25, 0.3) is 0 Å². The van der Waals surface area contributed by atoms with Crippen molar-refractivity contribution in [1.82, 2.24) is 4.90 Å². The van der Waals surface area contributed by atoms with Gasteiger partial charge in [-0.1, -0.05) is 58.9 Å². The average molecular weight is 285 g/mol. The molecule has 2 saturated heterocycles. The summed E-state index contributed by atoms with van der Waals surface area (Å²) in [6.07, 6.45) is 2.77. The summed E-state index contributed by atoms with van der Waals surface area (Å²) in [4.78, 5) is 2.64. The molecule has 4 rings (SSSR count). The first-order chi connectivity index (χ1) is 9.80. The molecule has 1 nitrogen and oxygen atoms in total. The molecule has 1 heteroatoms. The summed E-state index contributed by atoms with van der Waals surface area (Å²) in [5.74, 6) is 2.13. The Labute approximate surface area is 130 Å².